The Hall–Kier alpha value is -2.22. The number of thiazole rings is 1. The average molecular weight is 434 g/mol. The van der Waals surface area contributed by atoms with Crippen LogP contribution in [0.5, 0.6) is 0 Å². The summed E-state index contributed by atoms with van der Waals surface area (Å²) in [4.78, 5) is 30.4. The molecule has 0 aliphatic carbocycles. The van der Waals surface area contributed by atoms with Crippen molar-refractivity contribution in [3.63, 3.8) is 0 Å². The van der Waals surface area contributed by atoms with Gasteiger partial charge >= 0.3 is 0 Å². The Morgan fingerprint density at radius 1 is 1.18 bits per heavy atom. The minimum atomic E-state index is -0.163. The molecule has 0 fully saturated rings. The lowest BCUT2D eigenvalue weighted by atomic mass is 10.2. The molecule has 0 saturated heterocycles. The van der Waals surface area contributed by atoms with Crippen LogP contribution >= 0.6 is 34.3 Å². The predicted octanol–water partition coefficient (Wildman–Crippen LogP) is 5.50. The fourth-order valence-electron chi connectivity index (χ4n) is 2.61. The highest BCUT2D eigenvalue weighted by Gasteiger charge is 2.17. The number of anilines is 1. The van der Waals surface area contributed by atoms with Gasteiger partial charge in [0.05, 0.1) is 14.9 Å². The van der Waals surface area contributed by atoms with E-state index >= 15 is 0 Å². The number of thiophene rings is 1. The normalized spacial score (nSPS) is 10.7. The Balaban J connectivity index is 1.64. The van der Waals surface area contributed by atoms with Gasteiger partial charge in [-0.2, -0.15) is 0 Å². The number of nitrogens with one attached hydrogen (secondary N) is 2. The van der Waals surface area contributed by atoms with E-state index in [2.05, 4.69) is 15.6 Å². The summed E-state index contributed by atoms with van der Waals surface area (Å²) in [5.74, 6) is -0.172. The molecule has 0 aliphatic heterocycles. The number of nitrogens with zero attached hydrogens (tertiary/aromatic N) is 1. The molecule has 0 radical (unpaired) electrons. The highest BCUT2D eigenvalue weighted by Crippen LogP contribution is 2.34. The quantitative estimate of drug-likeness (QED) is 0.516. The standard InChI is InChI=1S/C20H20ClN3O2S2/c1-3-5-17(25)24-14-7-4-6-13(10-14)11-22-19(26)18-12(2)23-20(28-18)15-8-9-16(21)27-15/h4,6-10H,3,5,11H2,1-2H3,(H,22,26)(H,24,25). The second-order valence-electron chi connectivity index (χ2n) is 6.22. The topological polar surface area (TPSA) is 71.1 Å². The third-order valence-electron chi connectivity index (χ3n) is 3.93. The minimum Gasteiger partial charge on any atom is -0.347 e. The fourth-order valence-corrected chi connectivity index (χ4v) is 4.69. The number of aryl methyl sites for hydroxylation is 1. The van der Waals surface area contributed by atoms with Gasteiger partial charge in [-0.3, -0.25) is 9.59 Å². The smallest absolute Gasteiger partial charge is 0.263 e. The molecule has 3 rings (SSSR count). The van der Waals surface area contributed by atoms with Crippen LogP contribution in [0.2, 0.25) is 4.34 Å². The number of hydrogen-bond donors (Lipinski definition) is 2. The SMILES string of the molecule is CCCC(=O)Nc1cccc(CNC(=O)c2sc(-c3ccc(Cl)s3)nc2C)c1. The zero-order valence-electron chi connectivity index (χ0n) is 15.5. The van der Waals surface area contributed by atoms with Gasteiger partial charge in [-0.1, -0.05) is 30.7 Å². The third kappa shape index (κ3) is 5.19. The molecular weight excluding hydrogens is 414 g/mol. The maximum absolute atomic E-state index is 12.6. The van der Waals surface area contributed by atoms with Crippen LogP contribution in [-0.4, -0.2) is 16.8 Å². The van der Waals surface area contributed by atoms with Crippen molar-refractivity contribution in [1.29, 1.82) is 0 Å². The monoisotopic (exact) mass is 433 g/mol. The number of amides is 2. The van der Waals surface area contributed by atoms with Gasteiger partial charge in [0.1, 0.15) is 9.88 Å². The van der Waals surface area contributed by atoms with Crippen molar-refractivity contribution in [2.75, 3.05) is 5.32 Å². The summed E-state index contributed by atoms with van der Waals surface area (Å²) < 4.78 is 0.694. The summed E-state index contributed by atoms with van der Waals surface area (Å²) in [6.07, 6.45) is 1.29. The van der Waals surface area contributed by atoms with Crippen LogP contribution in [0.4, 0.5) is 5.69 Å². The Morgan fingerprint density at radius 2 is 2.00 bits per heavy atom. The third-order valence-corrected chi connectivity index (χ3v) is 6.48. The molecule has 0 saturated carbocycles. The molecule has 28 heavy (non-hydrogen) atoms. The van der Waals surface area contributed by atoms with Gasteiger partial charge in [0.25, 0.3) is 5.91 Å². The lowest BCUT2D eigenvalue weighted by Crippen LogP contribution is -2.22. The summed E-state index contributed by atoms with van der Waals surface area (Å²) >= 11 is 8.79. The summed E-state index contributed by atoms with van der Waals surface area (Å²) in [7, 11) is 0. The zero-order chi connectivity index (χ0) is 20.1. The van der Waals surface area contributed by atoms with E-state index in [9.17, 15) is 9.59 Å². The van der Waals surface area contributed by atoms with Crippen LogP contribution < -0.4 is 10.6 Å². The molecule has 8 heteroatoms. The molecule has 2 heterocycles. The number of aromatic nitrogens is 1. The number of hydrogen-bond acceptors (Lipinski definition) is 5. The van der Waals surface area contributed by atoms with Crippen molar-refractivity contribution in [2.45, 2.75) is 33.2 Å². The summed E-state index contributed by atoms with van der Waals surface area (Å²) in [6, 6.07) is 11.2. The van der Waals surface area contributed by atoms with Gasteiger partial charge in [-0.15, -0.1) is 22.7 Å². The van der Waals surface area contributed by atoms with E-state index in [-0.39, 0.29) is 11.8 Å². The molecule has 0 bridgehead atoms. The fraction of sp³-hybridized carbons (Fsp3) is 0.250. The minimum absolute atomic E-state index is 0.00909. The summed E-state index contributed by atoms with van der Waals surface area (Å²) in [5, 5.41) is 6.59. The van der Waals surface area contributed by atoms with Crippen LogP contribution in [0.25, 0.3) is 9.88 Å². The van der Waals surface area contributed by atoms with Crippen LogP contribution in [0.3, 0.4) is 0 Å². The molecule has 2 aromatic heterocycles. The van der Waals surface area contributed by atoms with Crippen LogP contribution in [0.1, 0.15) is 40.7 Å². The zero-order valence-corrected chi connectivity index (χ0v) is 17.9. The first-order chi connectivity index (χ1) is 13.5. The largest absolute Gasteiger partial charge is 0.347 e. The van der Waals surface area contributed by atoms with Gasteiger partial charge < -0.3 is 10.6 Å². The molecule has 2 amide bonds. The molecule has 5 nitrogen and oxygen atoms in total. The van der Waals surface area contributed by atoms with Crippen molar-refractivity contribution in [3.05, 3.63) is 56.9 Å². The van der Waals surface area contributed by atoms with E-state index < -0.39 is 0 Å². The first-order valence-corrected chi connectivity index (χ1v) is 10.9. The lowest BCUT2D eigenvalue weighted by Gasteiger charge is -2.08. The summed E-state index contributed by atoms with van der Waals surface area (Å²) in [6.45, 7) is 4.16. The Bertz CT molecular complexity index is 997. The van der Waals surface area contributed by atoms with Crippen molar-refractivity contribution in [3.8, 4) is 9.88 Å². The molecule has 0 unspecified atom stereocenters. The van der Waals surface area contributed by atoms with Crippen molar-refractivity contribution in [2.24, 2.45) is 0 Å². The second-order valence-corrected chi connectivity index (χ2v) is 8.93. The molecule has 0 atom stereocenters. The van der Waals surface area contributed by atoms with E-state index in [1.165, 1.54) is 22.7 Å². The highest BCUT2D eigenvalue weighted by atomic mass is 35.5. The Labute approximate surface area is 176 Å². The first-order valence-electron chi connectivity index (χ1n) is 8.86. The predicted molar refractivity (Wildman–Crippen MR) is 116 cm³/mol. The lowest BCUT2D eigenvalue weighted by molar-refractivity contribution is -0.116. The van der Waals surface area contributed by atoms with Crippen LogP contribution in [0, 0.1) is 6.92 Å². The van der Waals surface area contributed by atoms with Crippen molar-refractivity contribution >= 4 is 51.8 Å². The number of benzene rings is 1. The van der Waals surface area contributed by atoms with Crippen molar-refractivity contribution in [1.82, 2.24) is 10.3 Å². The number of rotatable bonds is 7. The van der Waals surface area contributed by atoms with Crippen molar-refractivity contribution < 1.29 is 9.59 Å². The molecular formula is C20H20ClN3O2S2. The Kier molecular flexibility index (Phi) is 6.83. The first kappa shape index (κ1) is 20.5. The maximum atomic E-state index is 12.6. The summed E-state index contributed by atoms with van der Waals surface area (Å²) in [5.41, 5.74) is 2.34. The van der Waals surface area contributed by atoms with E-state index in [0.29, 0.717) is 27.9 Å². The van der Waals surface area contributed by atoms with Crippen LogP contribution in [0.15, 0.2) is 36.4 Å². The van der Waals surface area contributed by atoms with E-state index in [0.717, 1.165) is 27.6 Å². The maximum Gasteiger partial charge on any atom is 0.263 e. The van der Waals surface area contributed by atoms with Gasteiger partial charge in [-0.05, 0) is 43.2 Å². The molecule has 1 aromatic carbocycles. The van der Waals surface area contributed by atoms with E-state index in [1.54, 1.807) is 0 Å². The number of carbonyl (C=O) groups excluding carboxylic acids is 2. The average Bonchev–Trinajstić information content (AvgIpc) is 3.26. The molecule has 3 aromatic rings. The molecule has 0 spiro atoms. The molecule has 0 aliphatic rings. The van der Waals surface area contributed by atoms with Gasteiger partial charge in [0.15, 0.2) is 0 Å². The second kappa shape index (κ2) is 9.32. The van der Waals surface area contributed by atoms with Gasteiger partial charge in [0.2, 0.25) is 5.91 Å². The van der Waals surface area contributed by atoms with E-state index in [1.807, 2.05) is 50.2 Å². The molecule has 146 valence electrons. The Morgan fingerprint density at radius 3 is 2.71 bits per heavy atom. The van der Waals surface area contributed by atoms with Gasteiger partial charge in [-0.25, -0.2) is 4.98 Å². The van der Waals surface area contributed by atoms with E-state index in [4.69, 9.17) is 11.6 Å². The van der Waals surface area contributed by atoms with Crippen LogP contribution in [-0.2, 0) is 11.3 Å². The molecule has 2 N–H and O–H groups in total. The number of carbonyl (C=O) groups is 2. The number of halogens is 1. The van der Waals surface area contributed by atoms with Gasteiger partial charge in [0, 0.05) is 18.7 Å². The highest BCUT2D eigenvalue weighted by molar-refractivity contribution is 7.24.